The first-order valence-electron chi connectivity index (χ1n) is 5.92. The van der Waals surface area contributed by atoms with Crippen LogP contribution < -0.4 is 15.4 Å². The highest BCUT2D eigenvalue weighted by molar-refractivity contribution is 5.73. The maximum atomic E-state index is 11.4. The van der Waals surface area contributed by atoms with Crippen molar-refractivity contribution in [2.45, 2.75) is 6.54 Å². The van der Waals surface area contributed by atoms with E-state index in [-0.39, 0.29) is 25.8 Å². The number of carboxylic acid groups (broad SMARTS) is 1. The van der Waals surface area contributed by atoms with Crippen molar-refractivity contribution in [3.63, 3.8) is 0 Å². The molecule has 0 aliphatic heterocycles. The van der Waals surface area contributed by atoms with E-state index in [2.05, 4.69) is 15.6 Å². The molecule has 2 amide bonds. The summed E-state index contributed by atoms with van der Waals surface area (Å²) in [5.41, 5.74) is 0.856. The van der Waals surface area contributed by atoms with Gasteiger partial charge in [0.05, 0.1) is 13.7 Å². The second kappa shape index (κ2) is 8.70. The molecule has 1 heterocycles. The summed E-state index contributed by atoms with van der Waals surface area (Å²) in [5, 5.41) is 13.5. The van der Waals surface area contributed by atoms with Gasteiger partial charge in [0.1, 0.15) is 6.61 Å². The number of nitrogens with zero attached hydrogens (tertiary/aromatic N) is 1. The fraction of sp³-hybridized carbons (Fsp3) is 0.417. The van der Waals surface area contributed by atoms with Crippen LogP contribution in [-0.4, -0.2) is 49.0 Å². The van der Waals surface area contributed by atoms with Gasteiger partial charge in [-0.2, -0.15) is 0 Å². The minimum atomic E-state index is -1.04. The monoisotopic (exact) mass is 283 g/mol. The van der Waals surface area contributed by atoms with Crippen LogP contribution in [-0.2, 0) is 16.1 Å². The summed E-state index contributed by atoms with van der Waals surface area (Å²) < 4.78 is 9.74. The first-order valence-corrected chi connectivity index (χ1v) is 5.92. The van der Waals surface area contributed by atoms with E-state index in [0.717, 1.165) is 5.56 Å². The molecule has 1 rings (SSSR count). The average molecular weight is 283 g/mol. The summed E-state index contributed by atoms with van der Waals surface area (Å²) >= 11 is 0. The largest absolute Gasteiger partial charge is 0.481 e. The fourth-order valence-electron chi connectivity index (χ4n) is 1.31. The number of carbonyl (C=O) groups is 2. The second-order valence-electron chi connectivity index (χ2n) is 3.76. The van der Waals surface area contributed by atoms with E-state index in [0.29, 0.717) is 12.4 Å². The lowest BCUT2D eigenvalue weighted by Gasteiger charge is -2.08. The smallest absolute Gasteiger partial charge is 0.329 e. The third-order valence-electron chi connectivity index (χ3n) is 2.22. The van der Waals surface area contributed by atoms with E-state index in [1.165, 1.54) is 7.11 Å². The Morgan fingerprint density at radius 1 is 1.40 bits per heavy atom. The van der Waals surface area contributed by atoms with Crippen LogP contribution >= 0.6 is 0 Å². The molecule has 0 aliphatic rings. The van der Waals surface area contributed by atoms with Crippen LogP contribution in [0.25, 0.3) is 0 Å². The molecular formula is C12H17N3O5. The Morgan fingerprint density at radius 3 is 2.90 bits per heavy atom. The van der Waals surface area contributed by atoms with Crippen molar-refractivity contribution in [2.75, 3.05) is 26.9 Å². The molecule has 0 radical (unpaired) electrons. The lowest BCUT2D eigenvalue weighted by atomic mass is 10.2. The molecule has 0 saturated carbocycles. The lowest BCUT2D eigenvalue weighted by Crippen LogP contribution is -2.37. The highest BCUT2D eigenvalue weighted by Crippen LogP contribution is 2.07. The summed E-state index contributed by atoms with van der Waals surface area (Å²) in [4.78, 5) is 25.5. The van der Waals surface area contributed by atoms with Gasteiger partial charge in [0.15, 0.2) is 0 Å². The number of aliphatic carboxylic acids is 1. The van der Waals surface area contributed by atoms with E-state index < -0.39 is 5.97 Å². The maximum absolute atomic E-state index is 11.4. The number of hydrogen-bond donors (Lipinski definition) is 3. The van der Waals surface area contributed by atoms with E-state index in [9.17, 15) is 9.59 Å². The van der Waals surface area contributed by atoms with Crippen molar-refractivity contribution in [3.8, 4) is 5.88 Å². The van der Waals surface area contributed by atoms with Crippen molar-refractivity contribution >= 4 is 12.0 Å². The van der Waals surface area contributed by atoms with Crippen molar-refractivity contribution in [3.05, 3.63) is 23.9 Å². The van der Waals surface area contributed by atoms with Crippen LogP contribution in [0.15, 0.2) is 18.3 Å². The number of carboxylic acids is 1. The standard InChI is InChI=1S/C12H17N3O5/c1-19-10-6-9(2-3-13-10)7-15-12(18)14-4-5-20-8-11(16)17/h2-3,6H,4-5,7-8H2,1H3,(H,16,17)(H2,14,15,18). The maximum Gasteiger partial charge on any atom is 0.329 e. The van der Waals surface area contributed by atoms with E-state index in [4.69, 9.17) is 14.6 Å². The number of carbonyl (C=O) groups excluding carboxylic acids is 1. The lowest BCUT2D eigenvalue weighted by molar-refractivity contribution is -0.142. The Kier molecular flexibility index (Phi) is 6.83. The van der Waals surface area contributed by atoms with Crippen molar-refractivity contribution in [1.29, 1.82) is 0 Å². The van der Waals surface area contributed by atoms with E-state index >= 15 is 0 Å². The number of pyridine rings is 1. The topological polar surface area (TPSA) is 110 Å². The Hall–Kier alpha value is -2.35. The predicted octanol–water partition coefficient (Wildman–Crippen LogP) is -0.00940. The molecular weight excluding hydrogens is 266 g/mol. The van der Waals surface area contributed by atoms with Gasteiger partial charge in [-0.15, -0.1) is 0 Å². The molecule has 0 unspecified atom stereocenters. The molecule has 0 spiro atoms. The summed E-state index contributed by atoms with van der Waals surface area (Å²) in [6, 6.07) is 3.12. The quantitative estimate of drug-likeness (QED) is 0.579. The fourth-order valence-corrected chi connectivity index (χ4v) is 1.31. The molecule has 0 fully saturated rings. The molecule has 0 aromatic carbocycles. The van der Waals surface area contributed by atoms with Gasteiger partial charge < -0.3 is 25.2 Å². The Balaban J connectivity index is 2.17. The average Bonchev–Trinajstić information content (AvgIpc) is 2.44. The van der Waals surface area contributed by atoms with Crippen LogP contribution in [0.4, 0.5) is 4.79 Å². The van der Waals surface area contributed by atoms with Gasteiger partial charge in [0, 0.05) is 25.4 Å². The van der Waals surface area contributed by atoms with Crippen LogP contribution in [0.1, 0.15) is 5.56 Å². The molecule has 0 saturated heterocycles. The second-order valence-corrected chi connectivity index (χ2v) is 3.76. The normalized spacial score (nSPS) is 9.85. The number of hydrogen-bond acceptors (Lipinski definition) is 5. The highest BCUT2D eigenvalue weighted by Gasteiger charge is 2.02. The zero-order valence-electron chi connectivity index (χ0n) is 11.1. The van der Waals surface area contributed by atoms with Crippen LogP contribution in [0.5, 0.6) is 5.88 Å². The van der Waals surface area contributed by atoms with Crippen LogP contribution in [0.2, 0.25) is 0 Å². The summed E-state index contributed by atoms with van der Waals surface area (Å²) in [6.07, 6.45) is 1.59. The molecule has 0 atom stereocenters. The molecule has 1 aromatic rings. The number of methoxy groups -OCH3 is 1. The molecule has 20 heavy (non-hydrogen) atoms. The number of rotatable bonds is 8. The van der Waals surface area contributed by atoms with Crippen molar-refractivity contribution in [2.24, 2.45) is 0 Å². The zero-order valence-corrected chi connectivity index (χ0v) is 11.1. The molecule has 0 aliphatic carbocycles. The van der Waals surface area contributed by atoms with Crippen LogP contribution in [0, 0.1) is 0 Å². The minimum absolute atomic E-state index is 0.142. The first-order chi connectivity index (χ1) is 9.61. The molecule has 8 nitrogen and oxygen atoms in total. The number of nitrogens with one attached hydrogen (secondary N) is 2. The number of amides is 2. The van der Waals surface area contributed by atoms with Crippen molar-refractivity contribution < 1.29 is 24.2 Å². The third kappa shape index (κ3) is 6.55. The summed E-state index contributed by atoms with van der Waals surface area (Å²) in [6.45, 7) is 0.336. The van der Waals surface area contributed by atoms with E-state index in [1.807, 2.05) is 0 Å². The molecule has 110 valence electrons. The first kappa shape index (κ1) is 15.7. The third-order valence-corrected chi connectivity index (χ3v) is 2.22. The van der Waals surface area contributed by atoms with Gasteiger partial charge >= 0.3 is 12.0 Å². The Labute approximate surface area is 116 Å². The van der Waals surface area contributed by atoms with Gasteiger partial charge in [-0.1, -0.05) is 0 Å². The summed E-state index contributed by atoms with van der Waals surface area (Å²) in [7, 11) is 1.52. The minimum Gasteiger partial charge on any atom is -0.481 e. The Bertz CT molecular complexity index is 452. The van der Waals surface area contributed by atoms with Gasteiger partial charge in [-0.05, 0) is 11.6 Å². The number of ether oxygens (including phenoxy) is 2. The summed E-state index contributed by atoms with van der Waals surface area (Å²) in [5.74, 6) is -0.562. The highest BCUT2D eigenvalue weighted by atomic mass is 16.5. The molecule has 1 aromatic heterocycles. The van der Waals surface area contributed by atoms with Gasteiger partial charge in [0.25, 0.3) is 0 Å². The molecule has 3 N–H and O–H groups in total. The SMILES string of the molecule is COc1cc(CNC(=O)NCCOCC(=O)O)ccn1. The van der Waals surface area contributed by atoms with Gasteiger partial charge in [-0.3, -0.25) is 0 Å². The van der Waals surface area contributed by atoms with Crippen molar-refractivity contribution in [1.82, 2.24) is 15.6 Å². The zero-order chi connectivity index (χ0) is 14.8. The predicted molar refractivity (Wildman–Crippen MR) is 69.5 cm³/mol. The molecule has 8 heteroatoms. The van der Waals surface area contributed by atoms with Gasteiger partial charge in [-0.25, -0.2) is 14.6 Å². The molecule has 0 bridgehead atoms. The van der Waals surface area contributed by atoms with Crippen LogP contribution in [0.3, 0.4) is 0 Å². The number of aromatic nitrogens is 1. The van der Waals surface area contributed by atoms with E-state index in [1.54, 1.807) is 18.3 Å². The van der Waals surface area contributed by atoms with Gasteiger partial charge in [0.2, 0.25) is 5.88 Å². The Morgan fingerprint density at radius 2 is 2.20 bits per heavy atom. The number of urea groups is 1.